The van der Waals surface area contributed by atoms with Crippen molar-refractivity contribution >= 4 is 11.6 Å². The molecule has 0 aliphatic heterocycles. The molecule has 3 N–H and O–H groups in total. The number of ether oxygens (including phenoxy) is 1. The first-order chi connectivity index (χ1) is 10.2. The van der Waals surface area contributed by atoms with E-state index in [2.05, 4.69) is 5.32 Å². The molecule has 110 valence electrons. The molecule has 0 unspecified atom stereocenters. The molecule has 0 fully saturated rings. The number of anilines is 1. The van der Waals surface area contributed by atoms with Gasteiger partial charge in [-0.25, -0.2) is 0 Å². The molecule has 0 radical (unpaired) electrons. The second-order valence-electron chi connectivity index (χ2n) is 4.88. The summed E-state index contributed by atoms with van der Waals surface area (Å²) in [6, 6.07) is 15.4. The largest absolute Gasteiger partial charge is 0.380 e. The number of methoxy groups -OCH3 is 1. The molecule has 4 nitrogen and oxygen atoms in total. The molecule has 0 aliphatic rings. The van der Waals surface area contributed by atoms with Gasteiger partial charge in [-0.1, -0.05) is 36.4 Å². The number of rotatable bonds is 6. The summed E-state index contributed by atoms with van der Waals surface area (Å²) >= 11 is 0. The summed E-state index contributed by atoms with van der Waals surface area (Å²) in [5.41, 5.74) is 9.40. The van der Waals surface area contributed by atoms with Gasteiger partial charge in [-0.05, 0) is 28.8 Å². The highest BCUT2D eigenvalue weighted by Gasteiger charge is 2.05. The van der Waals surface area contributed by atoms with Crippen molar-refractivity contribution in [3.63, 3.8) is 0 Å². The second-order valence-corrected chi connectivity index (χ2v) is 4.88. The van der Waals surface area contributed by atoms with Crippen LogP contribution in [0.3, 0.4) is 0 Å². The predicted molar refractivity (Wildman–Crippen MR) is 83.8 cm³/mol. The van der Waals surface area contributed by atoms with Gasteiger partial charge < -0.3 is 15.8 Å². The van der Waals surface area contributed by atoms with Gasteiger partial charge in [-0.2, -0.15) is 0 Å². The Morgan fingerprint density at radius 1 is 1.10 bits per heavy atom. The van der Waals surface area contributed by atoms with Gasteiger partial charge in [0.05, 0.1) is 13.0 Å². The Bertz CT molecular complexity index is 594. The number of nitrogens with two attached hydrogens (primary N) is 1. The summed E-state index contributed by atoms with van der Waals surface area (Å²) in [5, 5.41) is 2.90. The monoisotopic (exact) mass is 284 g/mol. The van der Waals surface area contributed by atoms with Crippen LogP contribution < -0.4 is 11.1 Å². The molecule has 0 bridgehead atoms. The van der Waals surface area contributed by atoms with Crippen LogP contribution in [0.15, 0.2) is 48.5 Å². The zero-order valence-corrected chi connectivity index (χ0v) is 12.1. The molecule has 4 heteroatoms. The van der Waals surface area contributed by atoms with E-state index in [-0.39, 0.29) is 5.91 Å². The summed E-state index contributed by atoms with van der Waals surface area (Å²) in [6.45, 7) is 1.04. The minimum Gasteiger partial charge on any atom is -0.380 e. The zero-order valence-electron chi connectivity index (χ0n) is 12.1. The number of hydrogen-bond acceptors (Lipinski definition) is 3. The maximum absolute atomic E-state index is 12.0. The maximum Gasteiger partial charge on any atom is 0.228 e. The van der Waals surface area contributed by atoms with E-state index in [1.165, 1.54) is 0 Å². The topological polar surface area (TPSA) is 64.3 Å². The average Bonchev–Trinajstić information content (AvgIpc) is 2.48. The fourth-order valence-corrected chi connectivity index (χ4v) is 2.09. The minimum atomic E-state index is -0.0370. The number of hydrogen-bond donors (Lipinski definition) is 2. The highest BCUT2D eigenvalue weighted by molar-refractivity contribution is 5.92. The molecular weight excluding hydrogens is 264 g/mol. The van der Waals surface area contributed by atoms with Crippen molar-refractivity contribution in [3.05, 3.63) is 65.2 Å². The SMILES string of the molecule is COCc1cccc(NC(=O)Cc2ccc(CN)cc2)c1. The molecular formula is C17H20N2O2. The Hall–Kier alpha value is -2.17. The normalized spacial score (nSPS) is 10.4. The maximum atomic E-state index is 12.0. The van der Waals surface area contributed by atoms with E-state index in [9.17, 15) is 4.79 Å². The molecule has 2 rings (SSSR count). The zero-order chi connectivity index (χ0) is 15.1. The van der Waals surface area contributed by atoms with Gasteiger partial charge >= 0.3 is 0 Å². The lowest BCUT2D eigenvalue weighted by Crippen LogP contribution is -2.14. The van der Waals surface area contributed by atoms with E-state index in [1.807, 2.05) is 48.5 Å². The van der Waals surface area contributed by atoms with Gasteiger partial charge in [0.15, 0.2) is 0 Å². The highest BCUT2D eigenvalue weighted by Crippen LogP contribution is 2.12. The molecule has 0 heterocycles. The van der Waals surface area contributed by atoms with E-state index in [0.717, 1.165) is 22.4 Å². The molecule has 1 amide bonds. The second kappa shape index (κ2) is 7.57. The van der Waals surface area contributed by atoms with Crippen molar-refractivity contribution in [1.82, 2.24) is 0 Å². The van der Waals surface area contributed by atoms with Crippen molar-refractivity contribution in [3.8, 4) is 0 Å². The van der Waals surface area contributed by atoms with E-state index in [0.29, 0.717) is 19.6 Å². The summed E-state index contributed by atoms with van der Waals surface area (Å²) < 4.78 is 5.08. The lowest BCUT2D eigenvalue weighted by molar-refractivity contribution is -0.115. The van der Waals surface area contributed by atoms with Crippen molar-refractivity contribution in [2.24, 2.45) is 5.73 Å². The summed E-state index contributed by atoms with van der Waals surface area (Å²) in [5.74, 6) is -0.0370. The number of nitrogens with one attached hydrogen (secondary N) is 1. The van der Waals surface area contributed by atoms with E-state index in [1.54, 1.807) is 7.11 Å². The quantitative estimate of drug-likeness (QED) is 0.856. The molecule has 0 aromatic heterocycles. The smallest absolute Gasteiger partial charge is 0.228 e. The summed E-state index contributed by atoms with van der Waals surface area (Å²) in [7, 11) is 1.65. The van der Waals surface area contributed by atoms with Crippen LogP contribution in [0.4, 0.5) is 5.69 Å². The molecule has 0 spiro atoms. The average molecular weight is 284 g/mol. The van der Waals surface area contributed by atoms with Gasteiger partial charge in [0.1, 0.15) is 0 Å². The third-order valence-electron chi connectivity index (χ3n) is 3.15. The Morgan fingerprint density at radius 2 is 1.81 bits per heavy atom. The first-order valence-corrected chi connectivity index (χ1v) is 6.87. The van der Waals surface area contributed by atoms with Crippen LogP contribution >= 0.6 is 0 Å². The lowest BCUT2D eigenvalue weighted by atomic mass is 10.1. The van der Waals surface area contributed by atoms with Crippen LogP contribution in [-0.4, -0.2) is 13.0 Å². The Labute approximate surface area is 124 Å². The van der Waals surface area contributed by atoms with Gasteiger partial charge in [0.25, 0.3) is 0 Å². The van der Waals surface area contributed by atoms with Gasteiger partial charge in [-0.15, -0.1) is 0 Å². The van der Waals surface area contributed by atoms with Crippen LogP contribution in [0.2, 0.25) is 0 Å². The fourth-order valence-electron chi connectivity index (χ4n) is 2.09. The third kappa shape index (κ3) is 4.70. The number of amides is 1. The van der Waals surface area contributed by atoms with Crippen LogP contribution in [0, 0.1) is 0 Å². The summed E-state index contributed by atoms with van der Waals surface area (Å²) in [4.78, 5) is 12.0. The standard InChI is InChI=1S/C17H20N2O2/c1-21-12-15-3-2-4-16(9-15)19-17(20)10-13-5-7-14(11-18)8-6-13/h2-9H,10-12,18H2,1H3,(H,19,20). The third-order valence-corrected chi connectivity index (χ3v) is 3.15. The van der Waals surface area contributed by atoms with E-state index in [4.69, 9.17) is 10.5 Å². The Balaban J connectivity index is 1.95. The molecule has 21 heavy (non-hydrogen) atoms. The highest BCUT2D eigenvalue weighted by atomic mass is 16.5. The van der Waals surface area contributed by atoms with Crippen molar-refractivity contribution in [2.45, 2.75) is 19.6 Å². The van der Waals surface area contributed by atoms with Crippen molar-refractivity contribution in [1.29, 1.82) is 0 Å². The number of carbonyl (C=O) groups is 1. The van der Waals surface area contributed by atoms with Gasteiger partial charge in [-0.3, -0.25) is 4.79 Å². The van der Waals surface area contributed by atoms with Crippen molar-refractivity contribution in [2.75, 3.05) is 12.4 Å². The van der Waals surface area contributed by atoms with Crippen molar-refractivity contribution < 1.29 is 9.53 Å². The molecule has 0 atom stereocenters. The lowest BCUT2D eigenvalue weighted by Gasteiger charge is -2.08. The van der Waals surface area contributed by atoms with E-state index >= 15 is 0 Å². The summed E-state index contributed by atoms with van der Waals surface area (Å²) in [6.07, 6.45) is 0.347. The minimum absolute atomic E-state index is 0.0370. The first kappa shape index (κ1) is 15.2. The molecule has 2 aromatic rings. The van der Waals surface area contributed by atoms with Crippen LogP contribution in [0.5, 0.6) is 0 Å². The van der Waals surface area contributed by atoms with Crippen LogP contribution in [0.25, 0.3) is 0 Å². The molecule has 0 saturated heterocycles. The number of benzene rings is 2. The fraction of sp³-hybridized carbons (Fsp3) is 0.235. The van der Waals surface area contributed by atoms with Gasteiger partial charge in [0.2, 0.25) is 5.91 Å². The Morgan fingerprint density at radius 3 is 2.48 bits per heavy atom. The first-order valence-electron chi connectivity index (χ1n) is 6.87. The predicted octanol–water partition coefficient (Wildman–Crippen LogP) is 2.47. The van der Waals surface area contributed by atoms with Gasteiger partial charge in [0, 0.05) is 19.3 Å². The van der Waals surface area contributed by atoms with Crippen LogP contribution in [-0.2, 0) is 29.1 Å². The molecule has 2 aromatic carbocycles. The van der Waals surface area contributed by atoms with E-state index < -0.39 is 0 Å². The number of carbonyl (C=O) groups excluding carboxylic acids is 1. The Kier molecular flexibility index (Phi) is 5.49. The van der Waals surface area contributed by atoms with Crippen LogP contribution in [0.1, 0.15) is 16.7 Å². The molecule has 0 aliphatic carbocycles. The molecule has 0 saturated carbocycles.